The van der Waals surface area contributed by atoms with Gasteiger partial charge in [-0.1, -0.05) is 30.3 Å². The highest BCUT2D eigenvalue weighted by Crippen LogP contribution is 2.23. The van der Waals surface area contributed by atoms with Crippen LogP contribution < -0.4 is 4.72 Å². The first-order valence-corrected chi connectivity index (χ1v) is 10.7. The van der Waals surface area contributed by atoms with Crippen LogP contribution in [0.5, 0.6) is 0 Å². The highest BCUT2D eigenvalue weighted by Gasteiger charge is 2.14. The summed E-state index contributed by atoms with van der Waals surface area (Å²) >= 11 is 1.62. The van der Waals surface area contributed by atoms with E-state index in [9.17, 15) is 8.42 Å². The molecule has 2 N–H and O–H groups in total. The first-order chi connectivity index (χ1) is 12.6. The molecule has 132 valence electrons. The van der Waals surface area contributed by atoms with Gasteiger partial charge in [0.25, 0.3) is 0 Å². The second-order valence-corrected chi connectivity index (χ2v) is 8.59. The lowest BCUT2D eigenvalue weighted by molar-refractivity contribution is 0.582. The van der Waals surface area contributed by atoms with Gasteiger partial charge in [0.15, 0.2) is 0 Å². The van der Waals surface area contributed by atoms with Crippen molar-refractivity contribution >= 4 is 32.3 Å². The van der Waals surface area contributed by atoms with Crippen molar-refractivity contribution in [2.24, 2.45) is 0 Å². The topological polar surface area (TPSA) is 62.0 Å². The maximum absolute atomic E-state index is 12.5. The summed E-state index contributed by atoms with van der Waals surface area (Å²) in [7, 11) is -3.51. The van der Waals surface area contributed by atoms with Gasteiger partial charge < -0.3 is 4.98 Å². The fourth-order valence-electron chi connectivity index (χ4n) is 3.00. The van der Waals surface area contributed by atoms with E-state index in [-0.39, 0.29) is 4.90 Å². The largest absolute Gasteiger partial charge is 0.361 e. The third-order valence-electron chi connectivity index (χ3n) is 4.38. The van der Waals surface area contributed by atoms with Gasteiger partial charge >= 0.3 is 0 Å². The summed E-state index contributed by atoms with van der Waals surface area (Å²) in [4.78, 5) is 3.50. The highest BCUT2D eigenvalue weighted by atomic mass is 32.2. The van der Waals surface area contributed by atoms with Crippen molar-refractivity contribution < 1.29 is 8.42 Å². The minimum Gasteiger partial charge on any atom is -0.361 e. The summed E-state index contributed by atoms with van der Waals surface area (Å²) in [5.41, 5.74) is 4.29. The molecule has 0 spiro atoms. The molecule has 2 heterocycles. The van der Waals surface area contributed by atoms with Crippen LogP contribution >= 0.6 is 11.3 Å². The predicted molar refractivity (Wildman–Crippen MR) is 107 cm³/mol. The molecule has 0 bridgehead atoms. The van der Waals surface area contributed by atoms with Gasteiger partial charge in [0.1, 0.15) is 0 Å². The van der Waals surface area contributed by atoms with Crippen LogP contribution in [0.1, 0.15) is 5.56 Å². The number of sulfonamides is 1. The summed E-state index contributed by atoms with van der Waals surface area (Å²) in [6.07, 6.45) is 2.57. The zero-order chi connectivity index (χ0) is 18.0. The number of nitrogens with one attached hydrogen (secondary N) is 2. The van der Waals surface area contributed by atoms with Crippen molar-refractivity contribution in [3.05, 3.63) is 77.1 Å². The van der Waals surface area contributed by atoms with E-state index in [0.29, 0.717) is 13.0 Å². The second-order valence-electron chi connectivity index (χ2n) is 6.04. The number of hydrogen-bond donors (Lipinski definition) is 2. The average molecular weight is 383 g/mol. The Morgan fingerprint density at radius 1 is 0.962 bits per heavy atom. The maximum Gasteiger partial charge on any atom is 0.240 e. The van der Waals surface area contributed by atoms with Crippen molar-refractivity contribution in [2.75, 3.05) is 6.54 Å². The number of benzene rings is 2. The lowest BCUT2D eigenvalue weighted by Gasteiger charge is -2.07. The van der Waals surface area contributed by atoms with Crippen LogP contribution in [-0.4, -0.2) is 19.9 Å². The van der Waals surface area contributed by atoms with Crippen LogP contribution in [0.4, 0.5) is 0 Å². The quantitative estimate of drug-likeness (QED) is 0.519. The number of H-pyrrole nitrogens is 1. The van der Waals surface area contributed by atoms with E-state index in [1.54, 1.807) is 23.5 Å². The van der Waals surface area contributed by atoms with Gasteiger partial charge in [-0.3, -0.25) is 0 Å². The zero-order valence-corrected chi connectivity index (χ0v) is 15.6. The first kappa shape index (κ1) is 17.0. The summed E-state index contributed by atoms with van der Waals surface area (Å²) < 4.78 is 27.7. The van der Waals surface area contributed by atoms with Gasteiger partial charge in [0.2, 0.25) is 10.0 Å². The number of fused-ring (bicyclic) bond motifs is 1. The Labute approximate surface area is 156 Å². The molecule has 0 unspecified atom stereocenters. The fraction of sp³-hybridized carbons (Fsp3) is 0.100. The van der Waals surface area contributed by atoms with Gasteiger partial charge in [0.05, 0.1) is 4.90 Å². The van der Waals surface area contributed by atoms with E-state index in [2.05, 4.69) is 9.71 Å². The molecule has 0 fully saturated rings. The molecule has 2 aromatic heterocycles. The molecule has 0 saturated heterocycles. The van der Waals surface area contributed by atoms with E-state index in [1.165, 1.54) is 0 Å². The molecule has 4 nitrogen and oxygen atoms in total. The Morgan fingerprint density at radius 3 is 2.54 bits per heavy atom. The Hall–Kier alpha value is -2.41. The van der Waals surface area contributed by atoms with Crippen molar-refractivity contribution in [1.82, 2.24) is 9.71 Å². The summed E-state index contributed by atoms with van der Waals surface area (Å²) in [6, 6.07) is 17.0. The van der Waals surface area contributed by atoms with Gasteiger partial charge in [-0.15, -0.1) is 0 Å². The Kier molecular flexibility index (Phi) is 4.63. The first-order valence-electron chi connectivity index (χ1n) is 8.31. The molecular formula is C20H18N2O2S2. The number of hydrogen-bond acceptors (Lipinski definition) is 3. The van der Waals surface area contributed by atoms with Gasteiger partial charge in [-0.2, -0.15) is 11.3 Å². The molecular weight excluding hydrogens is 364 g/mol. The Balaban J connectivity index is 1.44. The SMILES string of the molecule is O=S(=O)(NCCc1c[nH]c2ccccc12)c1ccc(-c2ccsc2)cc1. The summed E-state index contributed by atoms with van der Waals surface area (Å²) in [5, 5.41) is 5.18. The van der Waals surface area contributed by atoms with E-state index < -0.39 is 10.0 Å². The Bertz CT molecular complexity index is 1110. The molecule has 0 aliphatic heterocycles. The van der Waals surface area contributed by atoms with Crippen LogP contribution in [0.15, 0.2) is 76.4 Å². The van der Waals surface area contributed by atoms with Crippen molar-refractivity contribution in [1.29, 1.82) is 0 Å². The third kappa shape index (κ3) is 3.44. The molecule has 2 aromatic carbocycles. The van der Waals surface area contributed by atoms with E-state index in [4.69, 9.17) is 0 Å². The van der Waals surface area contributed by atoms with Crippen molar-refractivity contribution in [3.8, 4) is 11.1 Å². The summed E-state index contributed by atoms with van der Waals surface area (Å²) in [5.74, 6) is 0. The molecule has 4 aromatic rings. The number of thiophene rings is 1. The van der Waals surface area contributed by atoms with Crippen LogP contribution in [0.2, 0.25) is 0 Å². The van der Waals surface area contributed by atoms with Gasteiger partial charge in [-0.05, 0) is 58.1 Å². The summed E-state index contributed by atoms with van der Waals surface area (Å²) in [6.45, 7) is 0.358. The molecule has 0 aliphatic rings. The van der Waals surface area contributed by atoms with Crippen molar-refractivity contribution in [3.63, 3.8) is 0 Å². The van der Waals surface area contributed by atoms with Crippen LogP contribution in [0.3, 0.4) is 0 Å². The highest BCUT2D eigenvalue weighted by molar-refractivity contribution is 7.89. The predicted octanol–water partition coefficient (Wildman–Crippen LogP) is 4.42. The van der Waals surface area contributed by atoms with Crippen molar-refractivity contribution in [2.45, 2.75) is 11.3 Å². The van der Waals surface area contributed by atoms with Crippen LogP contribution in [0, 0.1) is 0 Å². The van der Waals surface area contributed by atoms with E-state index in [1.807, 2.05) is 59.4 Å². The van der Waals surface area contributed by atoms with Crippen LogP contribution in [0.25, 0.3) is 22.0 Å². The molecule has 26 heavy (non-hydrogen) atoms. The smallest absolute Gasteiger partial charge is 0.240 e. The lowest BCUT2D eigenvalue weighted by atomic mass is 10.1. The number of aromatic amines is 1. The minimum atomic E-state index is -3.51. The normalized spacial score (nSPS) is 11.8. The number of rotatable bonds is 6. The molecule has 0 aliphatic carbocycles. The number of para-hydroxylation sites is 1. The van der Waals surface area contributed by atoms with Gasteiger partial charge in [-0.25, -0.2) is 13.1 Å². The zero-order valence-electron chi connectivity index (χ0n) is 14.0. The monoisotopic (exact) mass is 382 g/mol. The maximum atomic E-state index is 12.5. The standard InChI is InChI=1S/C20H18N2O2S2/c23-26(24,18-7-5-15(6-8-18)17-10-12-25-14-17)22-11-9-16-13-21-20-4-2-1-3-19(16)20/h1-8,10,12-14,21-22H,9,11H2. The number of aromatic nitrogens is 1. The average Bonchev–Trinajstić information content (AvgIpc) is 3.32. The third-order valence-corrected chi connectivity index (χ3v) is 6.54. The second kappa shape index (κ2) is 7.07. The Morgan fingerprint density at radius 2 is 1.77 bits per heavy atom. The lowest BCUT2D eigenvalue weighted by Crippen LogP contribution is -2.25. The van der Waals surface area contributed by atoms with Crippen LogP contribution in [-0.2, 0) is 16.4 Å². The minimum absolute atomic E-state index is 0.287. The molecule has 0 amide bonds. The molecule has 0 radical (unpaired) electrons. The molecule has 4 rings (SSSR count). The molecule has 0 atom stereocenters. The van der Waals surface area contributed by atoms with E-state index in [0.717, 1.165) is 27.6 Å². The van der Waals surface area contributed by atoms with Gasteiger partial charge in [0, 0.05) is 23.6 Å². The fourth-order valence-corrected chi connectivity index (χ4v) is 4.69. The van der Waals surface area contributed by atoms with E-state index >= 15 is 0 Å². The molecule has 0 saturated carbocycles. The molecule has 6 heteroatoms.